The lowest BCUT2D eigenvalue weighted by molar-refractivity contribution is -0.384. The molecule has 0 spiro atoms. The van der Waals surface area contributed by atoms with E-state index in [0.29, 0.717) is 5.16 Å². The zero-order valence-electron chi connectivity index (χ0n) is 11.6. The van der Waals surface area contributed by atoms with Crippen molar-refractivity contribution in [1.82, 2.24) is 20.2 Å². The van der Waals surface area contributed by atoms with Crippen molar-refractivity contribution < 1.29 is 9.34 Å². The van der Waals surface area contributed by atoms with Crippen LogP contribution in [0.25, 0.3) is 23.0 Å². The lowest BCUT2D eigenvalue weighted by Gasteiger charge is -2.00. The van der Waals surface area contributed by atoms with Crippen LogP contribution < -0.4 is 0 Å². The normalized spacial score (nSPS) is 10.7. The zero-order chi connectivity index (χ0) is 16.4. The first-order valence-corrected chi connectivity index (χ1v) is 7.84. The first kappa shape index (κ1) is 15.4. The van der Waals surface area contributed by atoms with E-state index in [4.69, 9.17) is 16.0 Å². The second-order valence-corrected chi connectivity index (χ2v) is 5.42. The molecule has 0 fully saturated rings. The van der Waals surface area contributed by atoms with Crippen LogP contribution in [0.5, 0.6) is 0 Å². The number of halogens is 1. The highest BCUT2D eigenvalue weighted by Crippen LogP contribution is 2.32. The molecule has 0 bridgehead atoms. The minimum absolute atomic E-state index is 0.0210. The minimum Gasteiger partial charge on any atom is -0.414 e. The van der Waals surface area contributed by atoms with Crippen LogP contribution in [0.15, 0.2) is 40.0 Å². The lowest BCUT2D eigenvalue weighted by Crippen LogP contribution is -1.91. The van der Waals surface area contributed by atoms with E-state index in [9.17, 15) is 10.1 Å². The summed E-state index contributed by atoms with van der Waals surface area (Å²) in [6.45, 7) is 0. The molecule has 0 aliphatic carbocycles. The van der Waals surface area contributed by atoms with Crippen LogP contribution in [0.4, 0.5) is 5.69 Å². The molecule has 0 amide bonds. The van der Waals surface area contributed by atoms with Crippen molar-refractivity contribution in [2.45, 2.75) is 5.16 Å². The summed E-state index contributed by atoms with van der Waals surface area (Å²) < 4.78 is 5.52. The molecule has 0 N–H and O–H groups in total. The number of hydrogen-bond acceptors (Lipinski definition) is 8. The van der Waals surface area contributed by atoms with Gasteiger partial charge in [-0.1, -0.05) is 35.5 Å². The maximum atomic E-state index is 11.1. The standard InChI is InChI=1S/C13H8ClN5O3S/c1-23-13-15-6-8(14)10(16-13)12-18-17-11(22-12)7-4-2-3-5-9(7)19(20)21/h2-6H,1H3. The summed E-state index contributed by atoms with van der Waals surface area (Å²) in [6.07, 6.45) is 3.25. The summed E-state index contributed by atoms with van der Waals surface area (Å²) in [5, 5.41) is 19.6. The van der Waals surface area contributed by atoms with E-state index in [2.05, 4.69) is 20.2 Å². The topological polar surface area (TPSA) is 108 Å². The Bertz CT molecular complexity index is 886. The number of rotatable bonds is 4. The average Bonchev–Trinajstić information content (AvgIpc) is 3.05. The predicted octanol–water partition coefficient (Wildman–Crippen LogP) is 3.48. The molecule has 0 unspecified atom stereocenters. The highest BCUT2D eigenvalue weighted by Gasteiger charge is 2.21. The molecule has 2 heterocycles. The summed E-state index contributed by atoms with van der Waals surface area (Å²) in [6, 6.07) is 6.10. The van der Waals surface area contributed by atoms with E-state index in [0.717, 1.165) is 0 Å². The van der Waals surface area contributed by atoms with Gasteiger partial charge in [-0.25, -0.2) is 9.97 Å². The number of para-hydroxylation sites is 1. The van der Waals surface area contributed by atoms with E-state index in [1.807, 2.05) is 6.26 Å². The van der Waals surface area contributed by atoms with Crippen molar-refractivity contribution in [3.63, 3.8) is 0 Å². The number of nitrogens with zero attached hydrogens (tertiary/aromatic N) is 5. The number of nitro benzene ring substituents is 1. The van der Waals surface area contributed by atoms with Gasteiger partial charge in [0.1, 0.15) is 5.56 Å². The van der Waals surface area contributed by atoms with Gasteiger partial charge in [-0.2, -0.15) is 0 Å². The smallest absolute Gasteiger partial charge is 0.282 e. The van der Waals surface area contributed by atoms with Gasteiger partial charge in [0, 0.05) is 6.07 Å². The van der Waals surface area contributed by atoms with Gasteiger partial charge >= 0.3 is 0 Å². The Hall–Kier alpha value is -2.52. The Morgan fingerprint density at radius 2 is 2.00 bits per heavy atom. The van der Waals surface area contributed by atoms with E-state index < -0.39 is 4.92 Å². The highest BCUT2D eigenvalue weighted by atomic mass is 35.5. The summed E-state index contributed by atoms with van der Waals surface area (Å²) in [5.41, 5.74) is 0.385. The molecule has 0 atom stereocenters. The molecule has 0 aliphatic rings. The van der Waals surface area contributed by atoms with Crippen LogP contribution in [0.2, 0.25) is 5.02 Å². The Labute approximate surface area is 139 Å². The van der Waals surface area contributed by atoms with Crippen LogP contribution in [0.1, 0.15) is 0 Å². The Morgan fingerprint density at radius 3 is 2.74 bits per heavy atom. The Balaban J connectivity index is 2.07. The number of nitro groups is 1. The average molecular weight is 350 g/mol. The second-order valence-electron chi connectivity index (χ2n) is 4.24. The molecule has 2 aromatic heterocycles. The molecular formula is C13H8ClN5O3S. The van der Waals surface area contributed by atoms with Crippen molar-refractivity contribution in [3.8, 4) is 23.0 Å². The van der Waals surface area contributed by atoms with Gasteiger partial charge in [0.15, 0.2) is 10.9 Å². The first-order chi connectivity index (χ1) is 11.1. The van der Waals surface area contributed by atoms with Crippen molar-refractivity contribution >= 4 is 29.1 Å². The van der Waals surface area contributed by atoms with E-state index in [1.165, 1.54) is 30.1 Å². The molecule has 0 saturated carbocycles. The molecular weight excluding hydrogens is 342 g/mol. The van der Waals surface area contributed by atoms with Gasteiger partial charge in [0.05, 0.1) is 16.1 Å². The Kier molecular flexibility index (Phi) is 4.22. The maximum Gasteiger partial charge on any atom is 0.282 e. The number of thioether (sulfide) groups is 1. The van der Waals surface area contributed by atoms with Gasteiger partial charge in [-0.15, -0.1) is 10.2 Å². The Morgan fingerprint density at radius 1 is 1.26 bits per heavy atom. The van der Waals surface area contributed by atoms with E-state index >= 15 is 0 Å². The predicted molar refractivity (Wildman–Crippen MR) is 84.2 cm³/mol. The van der Waals surface area contributed by atoms with E-state index in [1.54, 1.807) is 12.1 Å². The van der Waals surface area contributed by atoms with Crippen LogP contribution in [0.3, 0.4) is 0 Å². The fourth-order valence-corrected chi connectivity index (χ4v) is 2.35. The van der Waals surface area contributed by atoms with Gasteiger partial charge in [-0.05, 0) is 12.3 Å². The summed E-state index contributed by atoms with van der Waals surface area (Å²) in [7, 11) is 0. The summed E-state index contributed by atoms with van der Waals surface area (Å²) in [4.78, 5) is 18.8. The van der Waals surface area contributed by atoms with E-state index in [-0.39, 0.29) is 33.7 Å². The fourth-order valence-electron chi connectivity index (χ4n) is 1.84. The summed E-state index contributed by atoms with van der Waals surface area (Å²) >= 11 is 7.39. The van der Waals surface area contributed by atoms with Gasteiger partial charge < -0.3 is 4.42 Å². The van der Waals surface area contributed by atoms with Crippen LogP contribution in [0, 0.1) is 10.1 Å². The lowest BCUT2D eigenvalue weighted by atomic mass is 10.2. The first-order valence-electron chi connectivity index (χ1n) is 6.24. The van der Waals surface area contributed by atoms with Gasteiger partial charge in [-0.3, -0.25) is 10.1 Å². The van der Waals surface area contributed by atoms with Crippen LogP contribution in [-0.2, 0) is 0 Å². The SMILES string of the molecule is CSc1ncc(Cl)c(-c2nnc(-c3ccccc3[N+](=O)[O-])o2)n1. The largest absolute Gasteiger partial charge is 0.414 e. The molecule has 3 rings (SSSR count). The number of aromatic nitrogens is 4. The van der Waals surface area contributed by atoms with Crippen LogP contribution >= 0.6 is 23.4 Å². The van der Waals surface area contributed by atoms with Crippen molar-refractivity contribution in [2.75, 3.05) is 6.26 Å². The molecule has 116 valence electrons. The molecule has 1 aromatic carbocycles. The molecule has 0 saturated heterocycles. The van der Waals surface area contributed by atoms with Crippen LogP contribution in [-0.4, -0.2) is 31.3 Å². The molecule has 8 nitrogen and oxygen atoms in total. The second kappa shape index (κ2) is 6.31. The summed E-state index contributed by atoms with van der Waals surface area (Å²) in [5.74, 6) is 0.0912. The van der Waals surface area contributed by atoms with Gasteiger partial charge in [0.25, 0.3) is 17.5 Å². The monoisotopic (exact) mass is 349 g/mol. The number of benzene rings is 1. The highest BCUT2D eigenvalue weighted by molar-refractivity contribution is 7.98. The van der Waals surface area contributed by atoms with Crippen molar-refractivity contribution in [2.24, 2.45) is 0 Å². The molecule has 3 aromatic rings. The zero-order valence-corrected chi connectivity index (χ0v) is 13.2. The van der Waals surface area contributed by atoms with Crippen molar-refractivity contribution in [1.29, 1.82) is 0 Å². The quantitative estimate of drug-likeness (QED) is 0.305. The minimum atomic E-state index is -0.511. The molecule has 0 aliphatic heterocycles. The van der Waals surface area contributed by atoms with Gasteiger partial charge in [0.2, 0.25) is 0 Å². The third-order valence-corrected chi connectivity index (χ3v) is 3.70. The maximum absolute atomic E-state index is 11.1. The molecule has 23 heavy (non-hydrogen) atoms. The molecule has 10 heteroatoms. The molecule has 0 radical (unpaired) electrons. The number of hydrogen-bond donors (Lipinski definition) is 0. The van der Waals surface area contributed by atoms with Crippen molar-refractivity contribution in [3.05, 3.63) is 45.6 Å². The fraction of sp³-hybridized carbons (Fsp3) is 0.0769. The third kappa shape index (κ3) is 3.01. The third-order valence-electron chi connectivity index (χ3n) is 2.86.